The lowest BCUT2D eigenvalue weighted by Gasteiger charge is -2.21. The number of para-hydroxylation sites is 1. The van der Waals surface area contributed by atoms with Gasteiger partial charge in [-0.25, -0.2) is 4.79 Å². The predicted molar refractivity (Wildman–Crippen MR) is 81.8 cm³/mol. The molecule has 104 valence electrons. The summed E-state index contributed by atoms with van der Waals surface area (Å²) in [7, 11) is 3.31. The highest BCUT2D eigenvalue weighted by molar-refractivity contribution is 9.10. The molecule has 5 heteroatoms. The number of rotatable bonds is 4. The summed E-state index contributed by atoms with van der Waals surface area (Å²) in [5, 5.41) is 0. The van der Waals surface area contributed by atoms with Gasteiger partial charge in [0.1, 0.15) is 0 Å². The molecule has 0 N–H and O–H groups in total. The van der Waals surface area contributed by atoms with Crippen LogP contribution in [0, 0.1) is 0 Å². The second-order valence-electron chi connectivity index (χ2n) is 4.33. The fourth-order valence-corrected chi connectivity index (χ4v) is 2.15. The second kappa shape index (κ2) is 6.52. The number of esters is 1. The number of carbonyl (C=O) groups is 1. The monoisotopic (exact) mass is 334 g/mol. The van der Waals surface area contributed by atoms with Crippen LogP contribution in [0.4, 0.5) is 5.69 Å². The molecule has 20 heavy (non-hydrogen) atoms. The predicted octanol–water partition coefficient (Wildman–Crippen LogP) is 3.27. The smallest absolute Gasteiger partial charge is 0.339 e. The zero-order valence-electron chi connectivity index (χ0n) is 11.3. The summed E-state index contributed by atoms with van der Waals surface area (Å²) < 4.78 is 5.75. The Morgan fingerprint density at radius 2 is 2.05 bits per heavy atom. The first-order valence-electron chi connectivity index (χ1n) is 6.10. The van der Waals surface area contributed by atoms with Crippen molar-refractivity contribution >= 4 is 27.6 Å². The van der Waals surface area contributed by atoms with E-state index in [4.69, 9.17) is 4.74 Å². The first-order valence-corrected chi connectivity index (χ1v) is 6.90. The minimum Gasteiger partial charge on any atom is -0.465 e. The third-order valence-electron chi connectivity index (χ3n) is 2.91. The Kier molecular flexibility index (Phi) is 4.74. The molecule has 1 heterocycles. The topological polar surface area (TPSA) is 42.4 Å². The van der Waals surface area contributed by atoms with Crippen LogP contribution >= 0.6 is 15.9 Å². The number of anilines is 1. The van der Waals surface area contributed by atoms with Gasteiger partial charge in [0.15, 0.2) is 0 Å². The van der Waals surface area contributed by atoms with Crippen LogP contribution in [-0.4, -0.2) is 25.1 Å². The number of methoxy groups -OCH3 is 1. The lowest BCUT2D eigenvalue weighted by atomic mass is 10.1. The van der Waals surface area contributed by atoms with Gasteiger partial charge in [0, 0.05) is 17.7 Å². The van der Waals surface area contributed by atoms with Crippen LogP contribution in [0.1, 0.15) is 16.1 Å². The first kappa shape index (κ1) is 14.5. The fourth-order valence-electron chi connectivity index (χ4n) is 1.92. The van der Waals surface area contributed by atoms with E-state index in [1.807, 2.05) is 42.3 Å². The number of aromatic nitrogens is 1. The van der Waals surface area contributed by atoms with E-state index >= 15 is 0 Å². The summed E-state index contributed by atoms with van der Waals surface area (Å²) in [6.07, 6.45) is 1.76. The number of halogens is 1. The van der Waals surface area contributed by atoms with E-state index in [0.29, 0.717) is 12.1 Å². The third-order valence-corrected chi connectivity index (χ3v) is 3.38. The molecular formula is C15H15BrN2O2. The van der Waals surface area contributed by atoms with Gasteiger partial charge < -0.3 is 9.64 Å². The zero-order valence-corrected chi connectivity index (χ0v) is 12.9. The van der Waals surface area contributed by atoms with E-state index in [1.165, 1.54) is 7.11 Å². The van der Waals surface area contributed by atoms with Gasteiger partial charge in [-0.15, -0.1) is 0 Å². The van der Waals surface area contributed by atoms with Crippen molar-refractivity contribution in [3.05, 3.63) is 58.3 Å². The van der Waals surface area contributed by atoms with Crippen molar-refractivity contribution in [3.8, 4) is 0 Å². The largest absolute Gasteiger partial charge is 0.465 e. The second-order valence-corrected chi connectivity index (χ2v) is 5.25. The molecule has 0 fully saturated rings. The van der Waals surface area contributed by atoms with Crippen LogP contribution in [0.5, 0.6) is 0 Å². The van der Waals surface area contributed by atoms with E-state index in [0.717, 1.165) is 15.9 Å². The summed E-state index contributed by atoms with van der Waals surface area (Å²) in [6.45, 7) is 0.612. The lowest BCUT2D eigenvalue weighted by molar-refractivity contribution is 0.0601. The molecule has 0 saturated carbocycles. The quantitative estimate of drug-likeness (QED) is 0.805. The number of hydrogen-bond acceptors (Lipinski definition) is 4. The number of carbonyl (C=O) groups excluding carboxylic acids is 1. The SMILES string of the molecule is COC(=O)c1ccccc1N(C)Cc1ccc(Br)cn1. The Morgan fingerprint density at radius 1 is 1.30 bits per heavy atom. The molecule has 2 rings (SSSR count). The van der Waals surface area contributed by atoms with Crippen LogP contribution in [0.25, 0.3) is 0 Å². The average molecular weight is 335 g/mol. The van der Waals surface area contributed by atoms with Crippen molar-refractivity contribution in [1.82, 2.24) is 4.98 Å². The van der Waals surface area contributed by atoms with Crippen molar-refractivity contribution in [2.75, 3.05) is 19.1 Å². The molecule has 0 unspecified atom stereocenters. The van der Waals surface area contributed by atoms with E-state index in [2.05, 4.69) is 20.9 Å². The highest BCUT2D eigenvalue weighted by Gasteiger charge is 2.14. The van der Waals surface area contributed by atoms with Crippen LogP contribution in [0.15, 0.2) is 47.1 Å². The molecule has 0 radical (unpaired) electrons. The molecule has 0 aliphatic rings. The van der Waals surface area contributed by atoms with Crippen molar-refractivity contribution in [1.29, 1.82) is 0 Å². The molecule has 1 aromatic carbocycles. The van der Waals surface area contributed by atoms with Crippen LogP contribution in [0.3, 0.4) is 0 Å². The Hall–Kier alpha value is -1.88. The summed E-state index contributed by atoms with van der Waals surface area (Å²) in [4.78, 5) is 18.1. The third kappa shape index (κ3) is 3.36. The highest BCUT2D eigenvalue weighted by atomic mass is 79.9. The molecule has 0 aliphatic carbocycles. The number of hydrogen-bond donors (Lipinski definition) is 0. The highest BCUT2D eigenvalue weighted by Crippen LogP contribution is 2.21. The molecular weight excluding hydrogens is 320 g/mol. The molecule has 0 atom stereocenters. The molecule has 0 saturated heterocycles. The molecule has 0 spiro atoms. The molecule has 2 aromatic rings. The zero-order chi connectivity index (χ0) is 14.5. The maximum absolute atomic E-state index is 11.8. The van der Waals surface area contributed by atoms with Gasteiger partial charge in [0.05, 0.1) is 30.6 Å². The van der Waals surface area contributed by atoms with Crippen LogP contribution in [0.2, 0.25) is 0 Å². The summed E-state index contributed by atoms with van der Waals surface area (Å²) in [5.74, 6) is -0.337. The van der Waals surface area contributed by atoms with Crippen molar-refractivity contribution in [2.24, 2.45) is 0 Å². The normalized spacial score (nSPS) is 10.2. The standard InChI is InChI=1S/C15H15BrN2O2/c1-18(10-12-8-7-11(16)9-17-12)14-6-4-3-5-13(14)15(19)20-2/h3-9H,10H2,1-2H3. The maximum Gasteiger partial charge on any atom is 0.339 e. The number of nitrogens with zero attached hydrogens (tertiary/aromatic N) is 2. The lowest BCUT2D eigenvalue weighted by Crippen LogP contribution is -2.20. The first-order chi connectivity index (χ1) is 9.61. The summed E-state index contributed by atoms with van der Waals surface area (Å²) in [5.41, 5.74) is 2.30. The van der Waals surface area contributed by atoms with Gasteiger partial charge in [-0.1, -0.05) is 12.1 Å². The van der Waals surface area contributed by atoms with Gasteiger partial charge in [-0.3, -0.25) is 4.98 Å². The number of ether oxygens (including phenoxy) is 1. The fraction of sp³-hybridized carbons (Fsp3) is 0.200. The average Bonchev–Trinajstić information content (AvgIpc) is 2.48. The summed E-state index contributed by atoms with van der Waals surface area (Å²) >= 11 is 3.36. The van der Waals surface area contributed by atoms with E-state index in [9.17, 15) is 4.79 Å². The van der Waals surface area contributed by atoms with Gasteiger partial charge in [-0.2, -0.15) is 0 Å². The Morgan fingerprint density at radius 3 is 2.70 bits per heavy atom. The summed E-state index contributed by atoms with van der Waals surface area (Å²) in [6, 6.07) is 11.3. The Bertz CT molecular complexity index is 599. The Balaban J connectivity index is 2.23. The van der Waals surface area contributed by atoms with Gasteiger partial charge in [0.25, 0.3) is 0 Å². The molecule has 4 nitrogen and oxygen atoms in total. The number of benzene rings is 1. The van der Waals surface area contributed by atoms with Crippen LogP contribution in [-0.2, 0) is 11.3 Å². The van der Waals surface area contributed by atoms with Gasteiger partial charge in [0.2, 0.25) is 0 Å². The van der Waals surface area contributed by atoms with Crippen LogP contribution < -0.4 is 4.90 Å². The van der Waals surface area contributed by atoms with Gasteiger partial charge in [-0.05, 0) is 40.2 Å². The van der Waals surface area contributed by atoms with E-state index in [-0.39, 0.29) is 5.97 Å². The minimum absolute atomic E-state index is 0.337. The molecule has 0 amide bonds. The van der Waals surface area contributed by atoms with E-state index < -0.39 is 0 Å². The van der Waals surface area contributed by atoms with Crippen molar-refractivity contribution < 1.29 is 9.53 Å². The van der Waals surface area contributed by atoms with Gasteiger partial charge >= 0.3 is 5.97 Å². The van der Waals surface area contributed by atoms with E-state index in [1.54, 1.807) is 12.3 Å². The number of pyridine rings is 1. The van der Waals surface area contributed by atoms with Crippen molar-refractivity contribution in [2.45, 2.75) is 6.54 Å². The Labute approximate surface area is 126 Å². The molecule has 0 bridgehead atoms. The maximum atomic E-state index is 11.8. The van der Waals surface area contributed by atoms with Crippen molar-refractivity contribution in [3.63, 3.8) is 0 Å². The molecule has 1 aromatic heterocycles. The minimum atomic E-state index is -0.337. The molecule has 0 aliphatic heterocycles.